The number of thioether (sulfide) groups is 1. The molecule has 4 rings (SSSR count). The molecule has 0 spiro atoms. The second kappa shape index (κ2) is 10.5. The van der Waals surface area contributed by atoms with Crippen LogP contribution in [0.2, 0.25) is 0 Å². The normalized spacial score (nSPS) is 22.6. The van der Waals surface area contributed by atoms with Gasteiger partial charge in [-0.3, -0.25) is 9.59 Å². The van der Waals surface area contributed by atoms with Crippen molar-refractivity contribution < 1.29 is 24.2 Å². The van der Waals surface area contributed by atoms with Gasteiger partial charge in [0.1, 0.15) is 10.9 Å². The fraction of sp³-hybridized carbons (Fsp3) is 0.444. The molecule has 3 amide bonds. The number of amides is 3. The van der Waals surface area contributed by atoms with E-state index in [1.807, 2.05) is 68.4 Å². The van der Waals surface area contributed by atoms with Gasteiger partial charge in [-0.05, 0) is 50.8 Å². The highest BCUT2D eigenvalue weighted by Crippen LogP contribution is 2.51. The minimum atomic E-state index is -1.54. The maximum Gasteiger partial charge on any atom is 0.407 e. The number of benzene rings is 2. The lowest BCUT2D eigenvalue weighted by Gasteiger charge is -2.53. The van der Waals surface area contributed by atoms with Gasteiger partial charge in [0.15, 0.2) is 6.10 Å². The Morgan fingerprint density at radius 1 is 1.17 bits per heavy atom. The van der Waals surface area contributed by atoms with E-state index in [-0.39, 0.29) is 24.3 Å². The first kappa shape index (κ1) is 26.0. The standard InChI is InChI=1S/C27H33N3O5S/c1-17(2)35-26(34)28-21(14-19-11-6-5-7-12-19)22(31)24(32)29-16-36-27(4)23(29)25(33)30(27)15-20-13-9-8-10-18(20)3/h5-13,17,21-23,31H,14-16H2,1-4H3,(H,28,34)/t21-,22-,23+,27?/m0/s1. The summed E-state index contributed by atoms with van der Waals surface area (Å²) < 4.78 is 5.19. The highest BCUT2D eigenvalue weighted by molar-refractivity contribution is 8.01. The monoisotopic (exact) mass is 511 g/mol. The third-order valence-corrected chi connectivity index (χ3v) is 8.24. The van der Waals surface area contributed by atoms with Crippen LogP contribution in [0.5, 0.6) is 0 Å². The van der Waals surface area contributed by atoms with Gasteiger partial charge in [-0.2, -0.15) is 0 Å². The first-order chi connectivity index (χ1) is 17.1. The zero-order chi connectivity index (χ0) is 26.0. The number of aliphatic hydroxyl groups is 1. The Morgan fingerprint density at radius 3 is 2.50 bits per heavy atom. The molecular formula is C27H33N3O5S. The molecule has 2 aromatic rings. The van der Waals surface area contributed by atoms with Crippen molar-refractivity contribution >= 4 is 29.7 Å². The van der Waals surface area contributed by atoms with Crippen LogP contribution in [0, 0.1) is 6.92 Å². The van der Waals surface area contributed by atoms with Crippen LogP contribution in [0.15, 0.2) is 54.6 Å². The Balaban J connectivity index is 1.49. The lowest BCUT2D eigenvalue weighted by molar-refractivity contribution is -0.168. The number of hydrogen-bond acceptors (Lipinski definition) is 6. The molecule has 4 atom stereocenters. The number of β-lactam (4-membered cyclic amide) rings is 1. The first-order valence-electron chi connectivity index (χ1n) is 12.1. The van der Waals surface area contributed by atoms with Gasteiger partial charge in [0.2, 0.25) is 5.91 Å². The van der Waals surface area contributed by atoms with Gasteiger partial charge in [0.05, 0.1) is 18.0 Å². The molecular weight excluding hydrogens is 478 g/mol. The van der Waals surface area contributed by atoms with Crippen molar-refractivity contribution in [2.24, 2.45) is 0 Å². The number of carbonyl (C=O) groups excluding carboxylic acids is 3. The molecule has 0 aromatic heterocycles. The van der Waals surface area contributed by atoms with E-state index >= 15 is 0 Å². The van der Waals surface area contributed by atoms with Crippen molar-refractivity contribution in [3.8, 4) is 0 Å². The summed E-state index contributed by atoms with van der Waals surface area (Å²) in [5, 5.41) is 13.8. The fourth-order valence-electron chi connectivity index (χ4n) is 4.77. The minimum absolute atomic E-state index is 0.141. The molecule has 2 aromatic carbocycles. The maximum absolute atomic E-state index is 13.5. The number of fused-ring (bicyclic) bond motifs is 1. The Labute approximate surface area is 216 Å². The number of rotatable bonds is 8. The topological polar surface area (TPSA) is 99.2 Å². The number of nitrogens with one attached hydrogen (secondary N) is 1. The fourth-order valence-corrected chi connectivity index (χ4v) is 6.14. The van der Waals surface area contributed by atoms with Gasteiger partial charge in [0, 0.05) is 6.54 Å². The number of nitrogens with zero attached hydrogens (tertiary/aromatic N) is 2. The number of carbonyl (C=O) groups is 3. The summed E-state index contributed by atoms with van der Waals surface area (Å²) in [7, 11) is 0. The molecule has 192 valence electrons. The zero-order valence-corrected chi connectivity index (χ0v) is 21.8. The molecule has 1 unspecified atom stereocenters. The number of alkyl carbamates (subject to hydrolysis) is 1. The Hall–Kier alpha value is -3.04. The van der Waals surface area contributed by atoms with Crippen LogP contribution in [0.25, 0.3) is 0 Å². The van der Waals surface area contributed by atoms with Crippen LogP contribution in [-0.2, 0) is 27.3 Å². The van der Waals surface area contributed by atoms with Gasteiger partial charge in [-0.25, -0.2) is 4.79 Å². The minimum Gasteiger partial charge on any atom is -0.447 e. The molecule has 0 saturated carbocycles. The summed E-state index contributed by atoms with van der Waals surface area (Å²) in [5.41, 5.74) is 3.02. The highest BCUT2D eigenvalue weighted by atomic mass is 32.2. The average molecular weight is 512 g/mol. The van der Waals surface area contributed by atoms with Crippen LogP contribution >= 0.6 is 11.8 Å². The molecule has 0 aliphatic carbocycles. The SMILES string of the molecule is Cc1ccccc1CN1C(=O)[C@H]2N(C(=O)[C@@H](O)[C@H](Cc3ccccc3)NC(=O)OC(C)C)CSC21C. The molecule has 2 heterocycles. The molecule has 2 N–H and O–H groups in total. The maximum atomic E-state index is 13.5. The van der Waals surface area contributed by atoms with Crippen LogP contribution < -0.4 is 5.32 Å². The Kier molecular flexibility index (Phi) is 7.61. The number of likely N-dealkylation sites (tertiary alicyclic amines) is 1. The van der Waals surface area contributed by atoms with Crippen LogP contribution in [0.3, 0.4) is 0 Å². The molecule has 36 heavy (non-hydrogen) atoms. The third kappa shape index (κ3) is 5.08. The molecule has 2 aliphatic rings. The third-order valence-electron chi connectivity index (χ3n) is 6.80. The van der Waals surface area contributed by atoms with Crippen molar-refractivity contribution in [1.82, 2.24) is 15.1 Å². The van der Waals surface area contributed by atoms with Crippen LogP contribution in [0.4, 0.5) is 4.79 Å². The van der Waals surface area contributed by atoms with Gasteiger partial charge < -0.3 is 25.0 Å². The van der Waals surface area contributed by atoms with E-state index in [1.165, 1.54) is 16.7 Å². The average Bonchev–Trinajstić information content (AvgIpc) is 3.16. The van der Waals surface area contributed by atoms with Gasteiger partial charge in [-0.1, -0.05) is 54.6 Å². The highest BCUT2D eigenvalue weighted by Gasteiger charge is 2.65. The zero-order valence-electron chi connectivity index (χ0n) is 21.0. The molecule has 9 heteroatoms. The van der Waals surface area contributed by atoms with Crippen LogP contribution in [-0.4, -0.2) is 67.9 Å². The van der Waals surface area contributed by atoms with Gasteiger partial charge in [0.25, 0.3) is 5.91 Å². The summed E-state index contributed by atoms with van der Waals surface area (Å²) in [6, 6.07) is 15.6. The van der Waals surface area contributed by atoms with E-state index in [0.717, 1.165) is 16.7 Å². The Morgan fingerprint density at radius 2 is 1.83 bits per heavy atom. The van der Waals surface area contributed by atoms with Gasteiger partial charge in [-0.15, -0.1) is 11.8 Å². The first-order valence-corrected chi connectivity index (χ1v) is 13.1. The second-order valence-corrected chi connectivity index (χ2v) is 11.1. The molecule has 2 fully saturated rings. The quantitative estimate of drug-likeness (QED) is 0.529. The predicted molar refractivity (Wildman–Crippen MR) is 138 cm³/mol. The Bertz CT molecular complexity index is 1130. The number of ether oxygens (including phenoxy) is 1. The smallest absolute Gasteiger partial charge is 0.407 e. The van der Waals surface area contributed by atoms with E-state index in [1.54, 1.807) is 18.7 Å². The van der Waals surface area contributed by atoms with Crippen molar-refractivity contribution in [2.45, 2.75) is 69.8 Å². The summed E-state index contributed by atoms with van der Waals surface area (Å²) in [4.78, 5) is 41.7. The summed E-state index contributed by atoms with van der Waals surface area (Å²) in [6.07, 6.45) is -2.36. The van der Waals surface area contributed by atoms with Crippen molar-refractivity contribution in [1.29, 1.82) is 0 Å². The molecule has 0 radical (unpaired) electrons. The lowest BCUT2D eigenvalue weighted by atomic mass is 9.91. The van der Waals surface area contributed by atoms with E-state index < -0.39 is 35.1 Å². The summed E-state index contributed by atoms with van der Waals surface area (Å²) in [6.45, 7) is 7.88. The largest absolute Gasteiger partial charge is 0.447 e. The number of aliphatic hydroxyl groups excluding tert-OH is 1. The summed E-state index contributed by atoms with van der Waals surface area (Å²) >= 11 is 1.51. The second-order valence-electron chi connectivity index (χ2n) is 9.73. The van der Waals surface area contributed by atoms with E-state index in [2.05, 4.69) is 5.32 Å². The van der Waals surface area contributed by atoms with Crippen molar-refractivity contribution in [2.75, 3.05) is 5.88 Å². The van der Waals surface area contributed by atoms with E-state index in [9.17, 15) is 19.5 Å². The van der Waals surface area contributed by atoms with Crippen LogP contribution in [0.1, 0.15) is 37.5 Å². The number of hydrogen-bond donors (Lipinski definition) is 2. The predicted octanol–water partition coefficient (Wildman–Crippen LogP) is 3.06. The van der Waals surface area contributed by atoms with Crippen molar-refractivity contribution in [3.63, 3.8) is 0 Å². The van der Waals surface area contributed by atoms with E-state index in [4.69, 9.17) is 4.74 Å². The van der Waals surface area contributed by atoms with Gasteiger partial charge >= 0.3 is 6.09 Å². The number of aryl methyl sites for hydroxylation is 1. The molecule has 8 nitrogen and oxygen atoms in total. The van der Waals surface area contributed by atoms with Crippen molar-refractivity contribution in [3.05, 3.63) is 71.3 Å². The summed E-state index contributed by atoms with van der Waals surface area (Å²) in [5.74, 6) is -0.439. The van der Waals surface area contributed by atoms with E-state index in [0.29, 0.717) is 6.54 Å². The molecule has 0 bridgehead atoms. The lowest BCUT2D eigenvalue weighted by Crippen LogP contribution is -2.73. The molecule has 2 aliphatic heterocycles. The molecule has 2 saturated heterocycles.